The summed E-state index contributed by atoms with van der Waals surface area (Å²) in [5.74, 6) is 2.34. The van der Waals surface area contributed by atoms with Gasteiger partial charge in [-0.15, -0.1) is 24.0 Å². The molecule has 2 rings (SSSR count). The minimum absolute atomic E-state index is 0. The quantitative estimate of drug-likeness (QED) is 0.305. The molecule has 1 atom stereocenters. The molecule has 28 heavy (non-hydrogen) atoms. The lowest BCUT2D eigenvalue weighted by Gasteiger charge is -2.34. The van der Waals surface area contributed by atoms with Crippen LogP contribution in [-0.4, -0.2) is 71.0 Å². The number of nitrogens with zero attached hydrogens (tertiary/aromatic N) is 2. The van der Waals surface area contributed by atoms with Gasteiger partial charge in [-0.2, -0.15) is 0 Å². The summed E-state index contributed by atoms with van der Waals surface area (Å²) < 4.78 is 16.4. The van der Waals surface area contributed by atoms with E-state index in [4.69, 9.17) is 19.2 Å². The summed E-state index contributed by atoms with van der Waals surface area (Å²) in [6.07, 6.45) is 1.06. The topological polar surface area (TPSA) is 67.4 Å². The van der Waals surface area contributed by atoms with Crippen LogP contribution in [0, 0.1) is 0 Å². The third-order valence-corrected chi connectivity index (χ3v) is 4.59. The molecule has 8 heteroatoms. The van der Waals surface area contributed by atoms with Crippen LogP contribution in [0.1, 0.15) is 31.9 Å². The molecule has 160 valence electrons. The molecule has 0 saturated carbocycles. The number of hydrogen-bond donors (Lipinski definition) is 2. The van der Waals surface area contributed by atoms with Crippen molar-refractivity contribution in [2.24, 2.45) is 4.99 Å². The van der Waals surface area contributed by atoms with E-state index in [9.17, 15) is 0 Å². The highest BCUT2D eigenvalue weighted by Crippen LogP contribution is 2.32. The SMILES string of the molecule is CCCNC(=NCC(c1ccc(OC)c(OC)c1)N1CCOCC1)NCC.I. The summed E-state index contributed by atoms with van der Waals surface area (Å²) in [5.41, 5.74) is 1.17. The van der Waals surface area contributed by atoms with E-state index < -0.39 is 0 Å². The Labute approximate surface area is 186 Å². The fraction of sp³-hybridized carbons (Fsp3) is 0.650. The third-order valence-electron chi connectivity index (χ3n) is 4.59. The van der Waals surface area contributed by atoms with E-state index in [2.05, 4.69) is 41.5 Å². The molecule has 1 aliphatic heterocycles. The Hall–Kier alpha value is -1.26. The average molecular weight is 506 g/mol. The molecule has 0 amide bonds. The molecular weight excluding hydrogens is 471 g/mol. The highest BCUT2D eigenvalue weighted by atomic mass is 127. The fourth-order valence-electron chi connectivity index (χ4n) is 3.14. The van der Waals surface area contributed by atoms with Gasteiger partial charge in [0.2, 0.25) is 0 Å². The molecule has 1 heterocycles. The van der Waals surface area contributed by atoms with E-state index in [1.807, 2.05) is 6.07 Å². The highest BCUT2D eigenvalue weighted by molar-refractivity contribution is 14.0. The third kappa shape index (κ3) is 7.29. The number of benzene rings is 1. The number of ether oxygens (including phenoxy) is 3. The first-order valence-electron chi connectivity index (χ1n) is 9.79. The lowest BCUT2D eigenvalue weighted by Crippen LogP contribution is -2.42. The Morgan fingerprint density at radius 1 is 1.14 bits per heavy atom. The first-order chi connectivity index (χ1) is 13.2. The Balaban J connectivity index is 0.00000392. The van der Waals surface area contributed by atoms with Crippen LogP contribution in [0.25, 0.3) is 0 Å². The number of rotatable bonds is 9. The van der Waals surface area contributed by atoms with Crippen LogP contribution in [0.2, 0.25) is 0 Å². The smallest absolute Gasteiger partial charge is 0.191 e. The van der Waals surface area contributed by atoms with Crippen molar-refractivity contribution in [2.75, 3.05) is 60.2 Å². The molecule has 1 fully saturated rings. The monoisotopic (exact) mass is 506 g/mol. The number of guanidine groups is 1. The predicted octanol–water partition coefficient (Wildman–Crippen LogP) is 2.66. The Morgan fingerprint density at radius 3 is 2.46 bits per heavy atom. The first kappa shape index (κ1) is 24.8. The molecule has 0 spiro atoms. The molecule has 0 aliphatic carbocycles. The number of halogens is 1. The second-order valence-corrected chi connectivity index (χ2v) is 6.42. The van der Waals surface area contributed by atoms with Crippen LogP contribution < -0.4 is 20.1 Å². The average Bonchev–Trinajstić information content (AvgIpc) is 2.72. The van der Waals surface area contributed by atoms with Crippen molar-refractivity contribution in [1.29, 1.82) is 0 Å². The van der Waals surface area contributed by atoms with Gasteiger partial charge in [-0.25, -0.2) is 0 Å². The van der Waals surface area contributed by atoms with Crippen LogP contribution in [-0.2, 0) is 4.74 Å². The summed E-state index contributed by atoms with van der Waals surface area (Å²) in [6.45, 7) is 9.94. The molecule has 1 aliphatic rings. The van der Waals surface area contributed by atoms with Crippen molar-refractivity contribution in [3.05, 3.63) is 23.8 Å². The van der Waals surface area contributed by atoms with Crippen LogP contribution in [0.3, 0.4) is 0 Å². The maximum atomic E-state index is 5.54. The Bertz CT molecular complexity index is 595. The number of nitrogens with one attached hydrogen (secondary N) is 2. The van der Waals surface area contributed by atoms with Crippen molar-refractivity contribution in [3.8, 4) is 11.5 Å². The maximum absolute atomic E-state index is 5.54. The summed E-state index contributed by atoms with van der Waals surface area (Å²) in [4.78, 5) is 7.27. The summed E-state index contributed by atoms with van der Waals surface area (Å²) in [5, 5.41) is 6.69. The van der Waals surface area contributed by atoms with Gasteiger partial charge in [0.25, 0.3) is 0 Å². The van der Waals surface area contributed by atoms with Crippen LogP contribution in [0.5, 0.6) is 11.5 Å². The number of hydrogen-bond acceptors (Lipinski definition) is 5. The van der Waals surface area contributed by atoms with E-state index in [-0.39, 0.29) is 30.0 Å². The number of morpholine rings is 1. The van der Waals surface area contributed by atoms with Gasteiger partial charge < -0.3 is 24.8 Å². The normalized spacial score (nSPS) is 16.1. The van der Waals surface area contributed by atoms with Gasteiger partial charge in [-0.3, -0.25) is 9.89 Å². The second kappa shape index (κ2) is 13.8. The molecule has 1 aromatic carbocycles. The maximum Gasteiger partial charge on any atom is 0.191 e. The van der Waals surface area contributed by atoms with Gasteiger partial charge in [-0.1, -0.05) is 13.0 Å². The zero-order chi connectivity index (χ0) is 19.5. The fourth-order valence-corrected chi connectivity index (χ4v) is 3.14. The van der Waals surface area contributed by atoms with E-state index in [1.54, 1.807) is 14.2 Å². The van der Waals surface area contributed by atoms with Gasteiger partial charge in [0, 0.05) is 26.2 Å². The van der Waals surface area contributed by atoms with Crippen molar-refractivity contribution in [3.63, 3.8) is 0 Å². The van der Waals surface area contributed by atoms with Crippen molar-refractivity contribution in [1.82, 2.24) is 15.5 Å². The lowest BCUT2D eigenvalue weighted by molar-refractivity contribution is 0.0179. The largest absolute Gasteiger partial charge is 0.493 e. The predicted molar refractivity (Wildman–Crippen MR) is 124 cm³/mol. The molecule has 7 nitrogen and oxygen atoms in total. The van der Waals surface area contributed by atoms with Gasteiger partial charge in [0.05, 0.1) is 40.0 Å². The molecule has 1 saturated heterocycles. The van der Waals surface area contributed by atoms with Gasteiger partial charge in [-0.05, 0) is 31.0 Å². The molecule has 0 aromatic heterocycles. The van der Waals surface area contributed by atoms with E-state index in [1.165, 1.54) is 5.56 Å². The van der Waals surface area contributed by atoms with E-state index in [0.29, 0.717) is 6.54 Å². The molecule has 0 radical (unpaired) electrons. The second-order valence-electron chi connectivity index (χ2n) is 6.42. The van der Waals surface area contributed by atoms with Crippen molar-refractivity contribution in [2.45, 2.75) is 26.3 Å². The molecular formula is C20H35IN4O3. The van der Waals surface area contributed by atoms with Crippen LogP contribution >= 0.6 is 24.0 Å². The minimum atomic E-state index is 0. The first-order valence-corrected chi connectivity index (χ1v) is 9.79. The molecule has 2 N–H and O–H groups in total. The molecule has 1 unspecified atom stereocenters. The minimum Gasteiger partial charge on any atom is -0.493 e. The van der Waals surface area contributed by atoms with E-state index in [0.717, 1.165) is 63.3 Å². The number of aliphatic imine (C=N–C) groups is 1. The zero-order valence-corrected chi connectivity index (χ0v) is 19.8. The van der Waals surface area contributed by atoms with Crippen LogP contribution in [0.4, 0.5) is 0 Å². The summed E-state index contributed by atoms with van der Waals surface area (Å²) in [7, 11) is 3.32. The molecule has 1 aromatic rings. The summed E-state index contributed by atoms with van der Waals surface area (Å²) in [6, 6.07) is 6.28. The lowest BCUT2D eigenvalue weighted by atomic mass is 10.0. The number of methoxy groups -OCH3 is 2. The Kier molecular flexibility index (Phi) is 12.2. The van der Waals surface area contributed by atoms with Crippen molar-refractivity contribution >= 4 is 29.9 Å². The zero-order valence-electron chi connectivity index (χ0n) is 17.5. The highest BCUT2D eigenvalue weighted by Gasteiger charge is 2.23. The molecule has 0 bridgehead atoms. The van der Waals surface area contributed by atoms with Gasteiger partial charge in [0.1, 0.15) is 0 Å². The standard InChI is InChI=1S/C20H34N4O3.HI/c1-5-9-22-20(21-6-2)23-15-17(24-10-12-27-13-11-24)16-7-8-18(25-3)19(14-16)26-4;/h7-8,14,17H,5-6,9-13,15H2,1-4H3,(H2,21,22,23);1H. The summed E-state index contributed by atoms with van der Waals surface area (Å²) >= 11 is 0. The van der Waals surface area contributed by atoms with Gasteiger partial charge in [0.15, 0.2) is 17.5 Å². The Morgan fingerprint density at radius 2 is 1.86 bits per heavy atom. The van der Waals surface area contributed by atoms with Crippen LogP contribution in [0.15, 0.2) is 23.2 Å². The van der Waals surface area contributed by atoms with E-state index >= 15 is 0 Å². The van der Waals surface area contributed by atoms with Gasteiger partial charge >= 0.3 is 0 Å². The van der Waals surface area contributed by atoms with Crippen molar-refractivity contribution < 1.29 is 14.2 Å².